The van der Waals surface area contributed by atoms with Gasteiger partial charge in [0.15, 0.2) is 11.5 Å². The van der Waals surface area contributed by atoms with Crippen molar-refractivity contribution in [3.8, 4) is 11.5 Å². The van der Waals surface area contributed by atoms with Crippen LogP contribution < -0.4 is 14.8 Å². The highest BCUT2D eigenvalue weighted by molar-refractivity contribution is 7.99. The highest BCUT2D eigenvalue weighted by Gasteiger charge is 2.12. The first-order valence-electron chi connectivity index (χ1n) is 7.40. The zero-order chi connectivity index (χ0) is 16.2. The van der Waals surface area contributed by atoms with E-state index in [2.05, 4.69) is 34.6 Å². The lowest BCUT2D eigenvalue weighted by molar-refractivity contribution is 0.356. The Labute approximate surface area is 140 Å². The number of hydrogen-bond donors (Lipinski definition) is 2. The fourth-order valence-corrected chi connectivity index (χ4v) is 3.62. The molecular formula is C18H20N2O2S. The molecule has 0 unspecified atom stereocenters. The third-order valence-corrected chi connectivity index (χ3v) is 4.88. The third-order valence-electron chi connectivity index (χ3n) is 3.71. The van der Waals surface area contributed by atoms with E-state index < -0.39 is 0 Å². The largest absolute Gasteiger partial charge is 0.493 e. The first-order chi connectivity index (χ1) is 11.3. The lowest BCUT2D eigenvalue weighted by Crippen LogP contribution is -2.05. The fourth-order valence-electron chi connectivity index (χ4n) is 2.57. The van der Waals surface area contributed by atoms with Crippen molar-refractivity contribution in [1.29, 1.82) is 0 Å². The molecule has 0 aliphatic carbocycles. The number of H-pyrrole nitrogens is 1. The van der Waals surface area contributed by atoms with Gasteiger partial charge >= 0.3 is 0 Å². The van der Waals surface area contributed by atoms with Gasteiger partial charge in [0.05, 0.1) is 19.7 Å². The summed E-state index contributed by atoms with van der Waals surface area (Å²) in [6.45, 7) is 0.850. The Bertz CT molecular complexity index is 814. The second kappa shape index (κ2) is 6.98. The summed E-state index contributed by atoms with van der Waals surface area (Å²) in [5.41, 5.74) is 2.33. The molecule has 4 nitrogen and oxygen atoms in total. The average molecular weight is 328 g/mol. The van der Waals surface area contributed by atoms with Gasteiger partial charge in [-0.3, -0.25) is 0 Å². The molecule has 1 aromatic heterocycles. The van der Waals surface area contributed by atoms with Crippen LogP contribution in [0.15, 0.2) is 52.4 Å². The summed E-state index contributed by atoms with van der Waals surface area (Å²) in [5, 5.41) is 4.35. The van der Waals surface area contributed by atoms with Gasteiger partial charge in [-0.2, -0.15) is 0 Å². The van der Waals surface area contributed by atoms with Crippen molar-refractivity contribution >= 4 is 22.7 Å². The highest BCUT2D eigenvalue weighted by Crippen LogP contribution is 2.39. The van der Waals surface area contributed by atoms with E-state index in [4.69, 9.17) is 9.47 Å². The van der Waals surface area contributed by atoms with E-state index in [9.17, 15) is 0 Å². The van der Waals surface area contributed by atoms with Gasteiger partial charge in [0.2, 0.25) is 0 Å². The molecule has 5 heteroatoms. The van der Waals surface area contributed by atoms with Crippen LogP contribution in [0.4, 0.5) is 0 Å². The van der Waals surface area contributed by atoms with Gasteiger partial charge in [0.1, 0.15) is 0 Å². The zero-order valence-corrected chi connectivity index (χ0v) is 14.3. The SMILES string of the molecule is CNCc1ccccc1Sc1c[nH]c2cc(OC)c(OC)cc12. The number of aromatic amines is 1. The second-order valence-corrected chi connectivity index (χ2v) is 6.23. The molecule has 1 heterocycles. The zero-order valence-electron chi connectivity index (χ0n) is 13.5. The smallest absolute Gasteiger partial charge is 0.162 e. The average Bonchev–Trinajstić information content (AvgIpc) is 2.97. The molecule has 0 aliphatic heterocycles. The van der Waals surface area contributed by atoms with E-state index in [1.165, 1.54) is 15.4 Å². The molecule has 0 amide bonds. The van der Waals surface area contributed by atoms with Crippen molar-refractivity contribution < 1.29 is 9.47 Å². The molecule has 0 spiro atoms. The molecule has 2 aromatic carbocycles. The van der Waals surface area contributed by atoms with Gasteiger partial charge in [-0.1, -0.05) is 30.0 Å². The summed E-state index contributed by atoms with van der Waals surface area (Å²) in [7, 11) is 5.27. The predicted octanol–water partition coefficient (Wildman–Crippen LogP) is 4.06. The molecular weight excluding hydrogens is 308 g/mol. The van der Waals surface area contributed by atoms with Crippen LogP contribution in [0.25, 0.3) is 10.9 Å². The van der Waals surface area contributed by atoms with Crippen molar-refractivity contribution in [3.05, 3.63) is 48.2 Å². The van der Waals surface area contributed by atoms with E-state index in [-0.39, 0.29) is 0 Å². The summed E-state index contributed by atoms with van der Waals surface area (Å²) in [5.74, 6) is 1.47. The Morgan fingerprint density at radius 3 is 2.52 bits per heavy atom. The normalized spacial score (nSPS) is 10.9. The maximum atomic E-state index is 5.42. The minimum Gasteiger partial charge on any atom is -0.493 e. The Morgan fingerprint density at radius 1 is 1.04 bits per heavy atom. The number of nitrogens with one attached hydrogen (secondary N) is 2. The summed E-state index contributed by atoms with van der Waals surface area (Å²) < 4.78 is 10.8. The van der Waals surface area contributed by atoms with Crippen molar-refractivity contribution in [1.82, 2.24) is 10.3 Å². The topological polar surface area (TPSA) is 46.3 Å². The maximum absolute atomic E-state index is 5.42. The van der Waals surface area contributed by atoms with E-state index in [1.54, 1.807) is 26.0 Å². The van der Waals surface area contributed by atoms with Crippen LogP contribution in [0.1, 0.15) is 5.56 Å². The lowest BCUT2D eigenvalue weighted by atomic mass is 10.2. The molecule has 3 aromatic rings. The van der Waals surface area contributed by atoms with Crippen LogP contribution in [-0.2, 0) is 6.54 Å². The number of hydrogen-bond acceptors (Lipinski definition) is 4. The molecule has 0 bridgehead atoms. The summed E-state index contributed by atoms with van der Waals surface area (Å²) in [4.78, 5) is 5.73. The Balaban J connectivity index is 2.01. The van der Waals surface area contributed by atoms with Crippen molar-refractivity contribution in [3.63, 3.8) is 0 Å². The molecule has 0 fully saturated rings. The molecule has 0 aliphatic rings. The fraction of sp³-hybridized carbons (Fsp3) is 0.222. The first-order valence-corrected chi connectivity index (χ1v) is 8.22. The highest BCUT2D eigenvalue weighted by atomic mass is 32.2. The number of benzene rings is 2. The molecule has 120 valence electrons. The molecule has 0 saturated carbocycles. The lowest BCUT2D eigenvalue weighted by Gasteiger charge is -2.09. The van der Waals surface area contributed by atoms with E-state index in [1.807, 2.05) is 25.4 Å². The van der Waals surface area contributed by atoms with Crippen molar-refractivity contribution in [2.75, 3.05) is 21.3 Å². The van der Waals surface area contributed by atoms with E-state index in [0.29, 0.717) is 0 Å². The second-order valence-electron chi connectivity index (χ2n) is 5.15. The Hall–Kier alpha value is -2.11. The van der Waals surface area contributed by atoms with Gasteiger partial charge in [0.25, 0.3) is 0 Å². The summed E-state index contributed by atoms with van der Waals surface area (Å²) in [6.07, 6.45) is 2.03. The standard InChI is InChI=1S/C18H20N2O2S/c1-19-10-12-6-4-5-7-17(12)23-18-11-20-14-9-16(22-3)15(21-2)8-13(14)18/h4-9,11,19-20H,10H2,1-3H3. The number of aromatic nitrogens is 1. The monoisotopic (exact) mass is 328 g/mol. The number of fused-ring (bicyclic) bond motifs is 1. The third kappa shape index (κ3) is 3.16. The quantitative estimate of drug-likeness (QED) is 0.716. The first kappa shape index (κ1) is 15.8. The van der Waals surface area contributed by atoms with Crippen LogP contribution >= 0.6 is 11.8 Å². The molecule has 0 radical (unpaired) electrons. The molecule has 2 N–H and O–H groups in total. The van der Waals surface area contributed by atoms with E-state index in [0.717, 1.165) is 28.9 Å². The molecule has 0 atom stereocenters. The molecule has 23 heavy (non-hydrogen) atoms. The number of rotatable bonds is 6. The molecule has 0 saturated heterocycles. The number of ether oxygens (including phenoxy) is 2. The number of methoxy groups -OCH3 is 2. The van der Waals surface area contributed by atoms with Crippen LogP contribution in [0.2, 0.25) is 0 Å². The van der Waals surface area contributed by atoms with Crippen LogP contribution in [-0.4, -0.2) is 26.3 Å². The Kier molecular flexibility index (Phi) is 4.79. The summed E-state index contributed by atoms with van der Waals surface area (Å²) >= 11 is 1.76. The Morgan fingerprint density at radius 2 is 1.78 bits per heavy atom. The van der Waals surface area contributed by atoms with Crippen LogP contribution in [0.5, 0.6) is 11.5 Å². The van der Waals surface area contributed by atoms with Crippen LogP contribution in [0, 0.1) is 0 Å². The van der Waals surface area contributed by atoms with Crippen molar-refractivity contribution in [2.24, 2.45) is 0 Å². The maximum Gasteiger partial charge on any atom is 0.162 e. The van der Waals surface area contributed by atoms with Gasteiger partial charge in [-0.25, -0.2) is 0 Å². The van der Waals surface area contributed by atoms with Gasteiger partial charge < -0.3 is 19.8 Å². The van der Waals surface area contributed by atoms with Crippen molar-refractivity contribution in [2.45, 2.75) is 16.3 Å². The van der Waals surface area contributed by atoms with Gasteiger partial charge in [-0.15, -0.1) is 0 Å². The van der Waals surface area contributed by atoms with E-state index >= 15 is 0 Å². The molecule has 3 rings (SSSR count). The van der Waals surface area contributed by atoms with Gasteiger partial charge in [-0.05, 0) is 24.7 Å². The van der Waals surface area contributed by atoms with Gasteiger partial charge in [0, 0.05) is 34.0 Å². The summed E-state index contributed by atoms with van der Waals surface area (Å²) in [6, 6.07) is 12.4. The minimum absolute atomic E-state index is 0.731. The predicted molar refractivity (Wildman–Crippen MR) is 94.7 cm³/mol. The van der Waals surface area contributed by atoms with Crippen LogP contribution in [0.3, 0.4) is 0 Å². The minimum atomic E-state index is 0.731.